The van der Waals surface area contributed by atoms with Gasteiger partial charge < -0.3 is 5.32 Å². The molecule has 29 heavy (non-hydrogen) atoms. The van der Waals surface area contributed by atoms with E-state index in [0.717, 1.165) is 36.2 Å². The van der Waals surface area contributed by atoms with E-state index in [4.69, 9.17) is 8.19 Å². The first kappa shape index (κ1) is 22.7. The second-order valence-corrected chi connectivity index (χ2v) is 10.0. The van der Waals surface area contributed by atoms with Gasteiger partial charge in [-0.3, -0.25) is 4.79 Å². The van der Waals surface area contributed by atoms with Gasteiger partial charge in [0.05, 0.1) is 5.41 Å². The summed E-state index contributed by atoms with van der Waals surface area (Å²) in [6.45, 7) is 5.42. The number of fused-ring (bicyclic) bond motifs is 1. The summed E-state index contributed by atoms with van der Waals surface area (Å²) in [4.78, 5) is 22.6. The number of nitrogens with one attached hydrogen (secondary N) is 2. The molecular weight excluding hydrogens is 439 g/mol. The number of hydrogen-bond acceptors (Lipinski definition) is 4. The maximum atomic E-state index is 11.9. The van der Waals surface area contributed by atoms with Crippen LogP contribution in [0.2, 0.25) is 0 Å². The average Bonchev–Trinajstić information content (AvgIpc) is 2.94. The van der Waals surface area contributed by atoms with Gasteiger partial charge in [-0.2, -0.15) is 0 Å². The van der Waals surface area contributed by atoms with E-state index in [-0.39, 0.29) is 22.9 Å². The molecule has 1 aliphatic heterocycles. The van der Waals surface area contributed by atoms with Crippen molar-refractivity contribution in [3.05, 3.63) is 48.0 Å². The molecule has 0 bridgehead atoms. The molecule has 0 aromatic heterocycles. The standard InChI is InChI=1S/C12H15NO.C8H10AsNO5/c1-3-12(4-2)9-7-5-6-8-10(9)13-11(12)14;1-5(11)10-6-2-3-8(12)7(4-6)9(13,14)15/h5-8H,3-4H2,1-2H3,(H,13,14);2-4,12H,1H3,(H,10,11)(H2,13,14,15). The molecule has 0 radical (unpaired) electrons. The van der Waals surface area contributed by atoms with Gasteiger partial charge in [0.15, 0.2) is 0 Å². The van der Waals surface area contributed by atoms with E-state index < -0.39 is 24.3 Å². The third-order valence-corrected chi connectivity index (χ3v) is 7.01. The predicted molar refractivity (Wildman–Crippen MR) is 110 cm³/mol. The Morgan fingerprint density at radius 2 is 1.76 bits per heavy atom. The van der Waals surface area contributed by atoms with E-state index in [1.807, 2.05) is 18.2 Å². The summed E-state index contributed by atoms with van der Waals surface area (Å²) in [5.74, 6) is -0.676. The molecule has 5 N–H and O–H groups in total. The Balaban J connectivity index is 0.000000207. The monoisotopic (exact) mass is 464 g/mol. The van der Waals surface area contributed by atoms with Crippen LogP contribution < -0.4 is 15.0 Å². The Labute approximate surface area is 172 Å². The maximum Gasteiger partial charge on any atom is 0.235 e. The normalized spacial score (nSPS) is 14.3. The van der Waals surface area contributed by atoms with Crippen molar-refractivity contribution in [2.75, 3.05) is 10.6 Å². The van der Waals surface area contributed by atoms with E-state index >= 15 is 0 Å². The van der Waals surface area contributed by atoms with Gasteiger partial charge in [-0.15, -0.1) is 0 Å². The fourth-order valence-electron chi connectivity index (χ4n) is 3.36. The summed E-state index contributed by atoms with van der Waals surface area (Å²) in [6, 6.07) is 11.5. The van der Waals surface area contributed by atoms with Crippen LogP contribution in [0.1, 0.15) is 39.2 Å². The van der Waals surface area contributed by atoms with Crippen molar-refractivity contribution >= 4 is 41.7 Å². The summed E-state index contributed by atoms with van der Waals surface area (Å²) >= 11 is -5.15. The van der Waals surface area contributed by atoms with E-state index in [1.54, 1.807) is 0 Å². The Morgan fingerprint density at radius 3 is 2.31 bits per heavy atom. The Morgan fingerprint density at radius 1 is 1.14 bits per heavy atom. The van der Waals surface area contributed by atoms with Gasteiger partial charge >= 0.3 is 88.1 Å². The number of phenolic OH excluding ortho intramolecular Hbond substituents is 1. The third-order valence-electron chi connectivity index (χ3n) is 4.94. The van der Waals surface area contributed by atoms with Crippen molar-refractivity contribution in [3.63, 3.8) is 0 Å². The number of carbonyl (C=O) groups is 2. The first-order chi connectivity index (χ1) is 13.5. The number of aromatic hydroxyl groups is 1. The second kappa shape index (κ2) is 8.86. The number of phenols is 1. The second-order valence-electron chi connectivity index (χ2n) is 6.72. The van der Waals surface area contributed by atoms with Gasteiger partial charge in [-0.25, -0.2) is 0 Å². The smallest absolute Gasteiger partial charge is 0.235 e. The largest absolute Gasteiger partial charge is 0.325 e. The van der Waals surface area contributed by atoms with Crippen LogP contribution in [0.15, 0.2) is 42.5 Å². The fraction of sp³-hybridized carbons (Fsp3) is 0.300. The molecule has 8 nitrogen and oxygen atoms in total. The quantitative estimate of drug-likeness (QED) is 0.345. The first-order valence-corrected chi connectivity index (χ1v) is 12.5. The van der Waals surface area contributed by atoms with E-state index in [2.05, 4.69) is 30.5 Å². The minimum absolute atomic E-state index is 0.156. The van der Waals surface area contributed by atoms with Gasteiger partial charge in [-0.05, 0) is 24.5 Å². The molecule has 0 aliphatic carbocycles. The van der Waals surface area contributed by atoms with Crippen molar-refractivity contribution in [1.29, 1.82) is 0 Å². The third kappa shape index (κ3) is 4.90. The molecule has 0 fully saturated rings. The molecule has 2 amide bonds. The average molecular weight is 464 g/mol. The van der Waals surface area contributed by atoms with Crippen LogP contribution >= 0.6 is 0 Å². The number of hydrogen-bond donors (Lipinski definition) is 5. The molecule has 2 aromatic rings. The zero-order chi connectivity index (χ0) is 21.8. The van der Waals surface area contributed by atoms with Crippen molar-refractivity contribution < 1.29 is 26.6 Å². The van der Waals surface area contributed by atoms with Crippen molar-refractivity contribution in [2.24, 2.45) is 0 Å². The van der Waals surface area contributed by atoms with Crippen LogP contribution in [0.25, 0.3) is 0 Å². The molecule has 1 heterocycles. The van der Waals surface area contributed by atoms with E-state index in [0.29, 0.717) is 0 Å². The zero-order valence-electron chi connectivity index (χ0n) is 16.5. The van der Waals surface area contributed by atoms with Crippen LogP contribution in [0.5, 0.6) is 5.75 Å². The SMILES string of the molecule is CC(=O)Nc1ccc(O)c([As](=O)(O)O)c1.CCC1(CC)C(=O)Nc2ccccc21. The minimum Gasteiger partial charge on any atom is -0.325 e. The Kier molecular flexibility index (Phi) is 6.95. The van der Waals surface area contributed by atoms with Gasteiger partial charge in [-0.1, -0.05) is 32.0 Å². The van der Waals surface area contributed by atoms with Gasteiger partial charge in [0.25, 0.3) is 0 Å². The maximum absolute atomic E-state index is 11.9. The van der Waals surface area contributed by atoms with Crippen molar-refractivity contribution in [2.45, 2.75) is 39.0 Å². The van der Waals surface area contributed by atoms with Gasteiger partial charge in [0, 0.05) is 5.69 Å². The van der Waals surface area contributed by atoms with Crippen molar-refractivity contribution in [1.82, 2.24) is 0 Å². The van der Waals surface area contributed by atoms with Crippen molar-refractivity contribution in [3.8, 4) is 5.75 Å². The minimum atomic E-state index is -5.15. The van der Waals surface area contributed by atoms with E-state index in [1.165, 1.54) is 13.0 Å². The molecule has 9 heteroatoms. The summed E-state index contributed by atoms with van der Waals surface area (Å²) in [5.41, 5.74) is 2.10. The van der Waals surface area contributed by atoms with Crippen LogP contribution in [0.3, 0.4) is 0 Å². The molecule has 0 saturated carbocycles. The number of para-hydroxylation sites is 1. The number of carbonyl (C=O) groups excluding carboxylic acids is 2. The van der Waals surface area contributed by atoms with Crippen LogP contribution in [-0.4, -0.2) is 39.3 Å². The number of amides is 2. The number of anilines is 2. The Hall–Kier alpha value is -2.54. The summed E-state index contributed by atoms with van der Waals surface area (Å²) in [7, 11) is 0. The summed E-state index contributed by atoms with van der Waals surface area (Å²) < 4.78 is 28.4. The van der Waals surface area contributed by atoms with Crippen LogP contribution in [0, 0.1) is 0 Å². The van der Waals surface area contributed by atoms with Gasteiger partial charge in [0.1, 0.15) is 0 Å². The molecule has 156 valence electrons. The fourth-order valence-corrected chi connectivity index (χ4v) is 4.79. The van der Waals surface area contributed by atoms with Crippen LogP contribution in [-0.2, 0) is 18.7 Å². The first-order valence-electron chi connectivity index (χ1n) is 9.12. The molecular formula is C20H25AsN2O6. The Bertz CT molecular complexity index is 965. The topological polar surface area (TPSA) is 136 Å². The molecule has 1 aliphatic rings. The molecule has 0 atom stereocenters. The molecule has 3 rings (SSSR count). The summed E-state index contributed by atoms with van der Waals surface area (Å²) in [6.07, 6.45) is 1.73. The molecule has 0 saturated heterocycles. The zero-order valence-corrected chi connectivity index (χ0v) is 18.3. The molecule has 0 unspecified atom stereocenters. The number of benzene rings is 2. The van der Waals surface area contributed by atoms with Crippen LogP contribution in [0.4, 0.5) is 11.4 Å². The van der Waals surface area contributed by atoms with E-state index in [9.17, 15) is 18.4 Å². The predicted octanol–water partition coefficient (Wildman–Crippen LogP) is 1.61. The number of rotatable bonds is 4. The molecule has 0 spiro atoms. The van der Waals surface area contributed by atoms with Gasteiger partial charge in [0.2, 0.25) is 5.91 Å². The molecule has 2 aromatic carbocycles. The summed E-state index contributed by atoms with van der Waals surface area (Å²) in [5, 5.41) is 14.5.